The van der Waals surface area contributed by atoms with E-state index in [2.05, 4.69) is 10.5 Å². The molecule has 0 saturated carbocycles. The average molecular weight is 444 g/mol. The molecule has 0 radical (unpaired) electrons. The van der Waals surface area contributed by atoms with Crippen LogP contribution in [0.5, 0.6) is 17.2 Å². The molecule has 0 aliphatic heterocycles. The van der Waals surface area contributed by atoms with Crippen molar-refractivity contribution in [1.82, 2.24) is 5.43 Å². The van der Waals surface area contributed by atoms with E-state index in [0.717, 1.165) is 5.39 Å². The molecule has 166 valence electrons. The van der Waals surface area contributed by atoms with Crippen LogP contribution < -0.4 is 19.6 Å². The molecule has 8 nitrogen and oxygen atoms in total. The number of nitrogens with one attached hydrogen (secondary N) is 1. The number of hydrogen-bond donors (Lipinski definition) is 1. The molecule has 1 N–H and O–H groups in total. The van der Waals surface area contributed by atoms with Gasteiger partial charge in [-0.3, -0.25) is 4.79 Å². The van der Waals surface area contributed by atoms with Gasteiger partial charge < -0.3 is 18.6 Å². The second kappa shape index (κ2) is 9.69. The molecular weight excluding hydrogens is 424 g/mol. The van der Waals surface area contributed by atoms with Crippen LogP contribution in [0.25, 0.3) is 11.0 Å². The number of esters is 1. The third-order valence-electron chi connectivity index (χ3n) is 4.75. The minimum Gasteiger partial charge on any atom is -0.497 e. The van der Waals surface area contributed by atoms with Gasteiger partial charge in [0.05, 0.1) is 26.0 Å². The average Bonchev–Trinajstić information content (AvgIpc) is 3.29. The number of furan rings is 1. The Morgan fingerprint density at radius 2 is 1.70 bits per heavy atom. The summed E-state index contributed by atoms with van der Waals surface area (Å²) in [5, 5.41) is 4.79. The highest BCUT2D eigenvalue weighted by Crippen LogP contribution is 2.28. The van der Waals surface area contributed by atoms with Gasteiger partial charge >= 0.3 is 11.9 Å². The Bertz CT molecular complexity index is 1290. The van der Waals surface area contributed by atoms with Crippen molar-refractivity contribution in [3.63, 3.8) is 0 Å². The van der Waals surface area contributed by atoms with Crippen LogP contribution in [0.15, 0.2) is 82.3 Å². The molecule has 0 spiro atoms. The second-order valence-corrected chi connectivity index (χ2v) is 6.88. The first kappa shape index (κ1) is 21.6. The Hall–Kier alpha value is -4.59. The minimum atomic E-state index is -0.532. The Kier molecular flexibility index (Phi) is 6.36. The van der Waals surface area contributed by atoms with Crippen LogP contribution in [0.3, 0.4) is 0 Å². The van der Waals surface area contributed by atoms with E-state index in [0.29, 0.717) is 28.2 Å². The number of hydrazone groups is 1. The van der Waals surface area contributed by atoms with E-state index >= 15 is 0 Å². The number of rotatable bonds is 7. The van der Waals surface area contributed by atoms with E-state index < -0.39 is 11.9 Å². The van der Waals surface area contributed by atoms with Gasteiger partial charge in [0.15, 0.2) is 17.3 Å². The summed E-state index contributed by atoms with van der Waals surface area (Å²) in [7, 11) is 3.01. The lowest BCUT2D eigenvalue weighted by atomic mass is 10.2. The fraction of sp³-hybridized carbons (Fsp3) is 0.0800. The van der Waals surface area contributed by atoms with Crippen molar-refractivity contribution < 1.29 is 28.2 Å². The van der Waals surface area contributed by atoms with Gasteiger partial charge in [-0.15, -0.1) is 0 Å². The van der Waals surface area contributed by atoms with Crippen molar-refractivity contribution in [2.24, 2.45) is 5.10 Å². The maximum absolute atomic E-state index is 12.4. The van der Waals surface area contributed by atoms with Gasteiger partial charge in [0.1, 0.15) is 11.3 Å². The number of fused-ring (bicyclic) bond motifs is 1. The predicted molar refractivity (Wildman–Crippen MR) is 122 cm³/mol. The molecule has 8 heteroatoms. The number of para-hydroxylation sites is 1. The van der Waals surface area contributed by atoms with E-state index in [1.807, 2.05) is 18.2 Å². The van der Waals surface area contributed by atoms with Gasteiger partial charge in [-0.25, -0.2) is 10.2 Å². The topological polar surface area (TPSA) is 99.4 Å². The first-order chi connectivity index (χ1) is 16.1. The van der Waals surface area contributed by atoms with Crippen molar-refractivity contribution in [1.29, 1.82) is 0 Å². The summed E-state index contributed by atoms with van der Waals surface area (Å²) < 4.78 is 21.4. The summed E-state index contributed by atoms with van der Waals surface area (Å²) >= 11 is 0. The Labute approximate surface area is 189 Å². The van der Waals surface area contributed by atoms with Gasteiger partial charge in [0.2, 0.25) is 0 Å². The standard InChI is InChI=1S/C25H20N2O6/c1-30-19-10-8-17(9-11-19)25(29)33-21-12-7-16(13-22(21)31-2)15-26-27-24(28)23-14-18-5-3-4-6-20(18)32-23/h3-15H,1-2H3,(H,27,28)/b26-15+. The largest absolute Gasteiger partial charge is 0.497 e. The normalized spacial score (nSPS) is 10.8. The molecule has 0 unspecified atom stereocenters. The number of benzene rings is 3. The minimum absolute atomic E-state index is 0.159. The predicted octanol–water partition coefficient (Wildman–Crippen LogP) is 4.43. The van der Waals surface area contributed by atoms with Crippen molar-refractivity contribution in [3.8, 4) is 17.2 Å². The Balaban J connectivity index is 1.41. The molecule has 0 aliphatic rings. The zero-order chi connectivity index (χ0) is 23.2. The van der Waals surface area contributed by atoms with Gasteiger partial charge in [0, 0.05) is 5.39 Å². The van der Waals surface area contributed by atoms with Crippen LogP contribution in [0.4, 0.5) is 0 Å². The van der Waals surface area contributed by atoms with Crippen molar-refractivity contribution in [2.45, 2.75) is 0 Å². The summed E-state index contributed by atoms with van der Waals surface area (Å²) in [5.74, 6) is 0.382. The fourth-order valence-corrected chi connectivity index (χ4v) is 3.05. The molecular formula is C25H20N2O6. The summed E-state index contributed by atoms with van der Waals surface area (Å²) in [4.78, 5) is 24.7. The highest BCUT2D eigenvalue weighted by molar-refractivity contribution is 5.96. The maximum atomic E-state index is 12.4. The van der Waals surface area contributed by atoms with Crippen LogP contribution in [-0.4, -0.2) is 32.3 Å². The molecule has 4 aromatic rings. The monoisotopic (exact) mass is 444 g/mol. The fourth-order valence-electron chi connectivity index (χ4n) is 3.05. The summed E-state index contributed by atoms with van der Waals surface area (Å²) in [6, 6.07) is 20.4. The molecule has 0 bridgehead atoms. The SMILES string of the molecule is COc1ccc(C(=O)Oc2ccc(/C=N/NC(=O)c3cc4ccccc4o3)cc2OC)cc1. The second-order valence-electron chi connectivity index (χ2n) is 6.88. The third-order valence-corrected chi connectivity index (χ3v) is 4.75. The number of ether oxygens (including phenoxy) is 3. The molecule has 0 saturated heterocycles. The maximum Gasteiger partial charge on any atom is 0.343 e. The van der Waals surface area contributed by atoms with E-state index in [4.69, 9.17) is 18.6 Å². The smallest absolute Gasteiger partial charge is 0.343 e. The zero-order valence-electron chi connectivity index (χ0n) is 17.9. The van der Waals surface area contributed by atoms with Crippen LogP contribution >= 0.6 is 0 Å². The molecule has 0 atom stereocenters. The highest BCUT2D eigenvalue weighted by Gasteiger charge is 2.14. The quantitative estimate of drug-likeness (QED) is 0.196. The first-order valence-electron chi connectivity index (χ1n) is 9.93. The lowest BCUT2D eigenvalue weighted by Crippen LogP contribution is -2.16. The molecule has 0 aliphatic carbocycles. The van der Waals surface area contributed by atoms with Crippen molar-refractivity contribution in [3.05, 3.63) is 89.7 Å². The van der Waals surface area contributed by atoms with Crippen LogP contribution in [0.1, 0.15) is 26.5 Å². The van der Waals surface area contributed by atoms with E-state index in [-0.39, 0.29) is 11.5 Å². The van der Waals surface area contributed by atoms with Gasteiger partial charge in [-0.05, 0) is 60.2 Å². The molecule has 1 heterocycles. The van der Waals surface area contributed by atoms with Crippen molar-refractivity contribution in [2.75, 3.05) is 14.2 Å². The number of amides is 1. The number of nitrogens with zero attached hydrogens (tertiary/aromatic N) is 1. The number of carbonyl (C=O) groups excluding carboxylic acids is 2. The lowest BCUT2D eigenvalue weighted by Gasteiger charge is -2.10. The van der Waals surface area contributed by atoms with Gasteiger partial charge in [0.25, 0.3) is 0 Å². The van der Waals surface area contributed by atoms with Crippen LogP contribution in [-0.2, 0) is 0 Å². The van der Waals surface area contributed by atoms with E-state index in [1.54, 1.807) is 61.7 Å². The lowest BCUT2D eigenvalue weighted by molar-refractivity contribution is 0.0729. The molecule has 0 fully saturated rings. The number of hydrogen-bond acceptors (Lipinski definition) is 7. The van der Waals surface area contributed by atoms with Gasteiger partial charge in [-0.1, -0.05) is 18.2 Å². The molecule has 3 aromatic carbocycles. The first-order valence-corrected chi connectivity index (χ1v) is 9.93. The molecule has 33 heavy (non-hydrogen) atoms. The van der Waals surface area contributed by atoms with Gasteiger partial charge in [-0.2, -0.15) is 5.10 Å². The summed E-state index contributed by atoms with van der Waals surface area (Å²) in [5.41, 5.74) is 4.04. The van der Waals surface area contributed by atoms with Crippen molar-refractivity contribution >= 4 is 29.1 Å². The Morgan fingerprint density at radius 3 is 2.42 bits per heavy atom. The van der Waals surface area contributed by atoms with Crippen LogP contribution in [0, 0.1) is 0 Å². The summed E-state index contributed by atoms with van der Waals surface area (Å²) in [6.45, 7) is 0. The Morgan fingerprint density at radius 1 is 0.909 bits per heavy atom. The molecule has 1 amide bonds. The number of methoxy groups -OCH3 is 2. The highest BCUT2D eigenvalue weighted by atomic mass is 16.6. The summed E-state index contributed by atoms with van der Waals surface area (Å²) in [6.07, 6.45) is 1.44. The molecule has 4 rings (SSSR count). The van der Waals surface area contributed by atoms with E-state index in [9.17, 15) is 9.59 Å². The number of carbonyl (C=O) groups is 2. The third kappa shape index (κ3) is 5.01. The van der Waals surface area contributed by atoms with E-state index in [1.165, 1.54) is 13.3 Å². The molecule has 1 aromatic heterocycles. The zero-order valence-corrected chi connectivity index (χ0v) is 17.9. The van der Waals surface area contributed by atoms with Crippen LogP contribution in [0.2, 0.25) is 0 Å².